The zero-order valence-electron chi connectivity index (χ0n) is 42.2. The number of ether oxygens (including phenoxy) is 3. The summed E-state index contributed by atoms with van der Waals surface area (Å²) >= 11 is 0. The van der Waals surface area contributed by atoms with Gasteiger partial charge in [0.1, 0.15) is 6.61 Å². The fourth-order valence-electron chi connectivity index (χ4n) is 7.56. The molecule has 0 radical (unpaired) electrons. The Balaban J connectivity index is 4.27. The number of esters is 2. The summed E-state index contributed by atoms with van der Waals surface area (Å²) in [5.74, 6) is -1.49. The summed E-state index contributed by atoms with van der Waals surface area (Å²) in [5.41, 5.74) is 0. The van der Waals surface area contributed by atoms with Crippen LogP contribution >= 0.6 is 0 Å². The lowest BCUT2D eigenvalue weighted by molar-refractivity contribution is -0.887. The van der Waals surface area contributed by atoms with E-state index in [4.69, 9.17) is 14.2 Å². The first-order valence-corrected chi connectivity index (χ1v) is 26.3. The molecule has 0 saturated carbocycles. The van der Waals surface area contributed by atoms with Crippen LogP contribution in [0.4, 0.5) is 0 Å². The van der Waals surface area contributed by atoms with Crippen molar-refractivity contribution in [2.75, 3.05) is 41.0 Å². The van der Waals surface area contributed by atoms with Crippen molar-refractivity contribution in [2.24, 2.45) is 0 Å². The molecule has 0 saturated heterocycles. The third-order valence-corrected chi connectivity index (χ3v) is 11.7. The van der Waals surface area contributed by atoms with Crippen molar-refractivity contribution in [2.45, 2.75) is 238 Å². The van der Waals surface area contributed by atoms with E-state index in [0.29, 0.717) is 19.3 Å². The molecule has 8 heteroatoms. The van der Waals surface area contributed by atoms with Gasteiger partial charge in [-0.15, -0.1) is 0 Å². The van der Waals surface area contributed by atoms with Crippen molar-refractivity contribution < 1.29 is 38.2 Å². The van der Waals surface area contributed by atoms with E-state index in [9.17, 15) is 19.5 Å². The van der Waals surface area contributed by atoms with E-state index in [-0.39, 0.29) is 36.2 Å². The fraction of sp³-hybridized carbons (Fsp3) is 0.768. The molecule has 0 aliphatic rings. The average molecular weight is 899 g/mol. The molecular formula is C56H100NO7+. The van der Waals surface area contributed by atoms with Gasteiger partial charge in [0.25, 0.3) is 0 Å². The van der Waals surface area contributed by atoms with E-state index < -0.39 is 18.1 Å². The van der Waals surface area contributed by atoms with Gasteiger partial charge in [0.15, 0.2) is 12.1 Å². The Morgan fingerprint density at radius 2 is 0.875 bits per heavy atom. The maximum Gasteiger partial charge on any atom is 0.362 e. The molecule has 370 valence electrons. The van der Waals surface area contributed by atoms with Gasteiger partial charge in [0.05, 0.1) is 34.4 Å². The Morgan fingerprint density at radius 3 is 1.34 bits per heavy atom. The highest BCUT2D eigenvalue weighted by atomic mass is 16.6. The molecule has 64 heavy (non-hydrogen) atoms. The summed E-state index contributed by atoms with van der Waals surface area (Å²) in [6.07, 6.45) is 58.4. The van der Waals surface area contributed by atoms with Crippen LogP contribution in [-0.2, 0) is 28.6 Å². The maximum atomic E-state index is 12.8. The molecule has 0 aromatic carbocycles. The quantitative estimate of drug-likeness (QED) is 0.0213. The Bertz CT molecular complexity index is 1230. The summed E-state index contributed by atoms with van der Waals surface area (Å²) in [6.45, 7) is 4.70. The van der Waals surface area contributed by atoms with Crippen molar-refractivity contribution in [3.63, 3.8) is 0 Å². The maximum absolute atomic E-state index is 12.8. The molecule has 8 nitrogen and oxygen atoms in total. The minimum atomic E-state index is -0.878. The summed E-state index contributed by atoms with van der Waals surface area (Å²) in [6, 6.07) is -0.621. The number of carbonyl (C=O) groups excluding carboxylic acids is 2. The monoisotopic (exact) mass is 899 g/mol. The first-order valence-electron chi connectivity index (χ1n) is 26.3. The van der Waals surface area contributed by atoms with Crippen molar-refractivity contribution in [3.05, 3.63) is 60.8 Å². The Morgan fingerprint density at radius 1 is 0.484 bits per heavy atom. The molecule has 0 aromatic heterocycles. The summed E-state index contributed by atoms with van der Waals surface area (Å²) < 4.78 is 17.3. The first kappa shape index (κ1) is 61.0. The van der Waals surface area contributed by atoms with Crippen LogP contribution < -0.4 is 0 Å². The topological polar surface area (TPSA) is 99.1 Å². The number of hydrogen-bond donors (Lipinski definition) is 1. The van der Waals surface area contributed by atoms with E-state index in [1.165, 1.54) is 116 Å². The van der Waals surface area contributed by atoms with Gasteiger partial charge in [0.2, 0.25) is 0 Å². The van der Waals surface area contributed by atoms with Crippen molar-refractivity contribution in [1.82, 2.24) is 0 Å². The largest absolute Gasteiger partial charge is 0.477 e. The molecular weight excluding hydrogens is 799 g/mol. The number of quaternary nitrogens is 1. The second kappa shape index (κ2) is 46.6. The van der Waals surface area contributed by atoms with Crippen LogP contribution in [0.3, 0.4) is 0 Å². The zero-order chi connectivity index (χ0) is 47.0. The predicted octanol–water partition coefficient (Wildman–Crippen LogP) is 15.3. The lowest BCUT2D eigenvalue weighted by atomic mass is 10.1. The molecule has 0 rings (SSSR count). The van der Waals surface area contributed by atoms with Gasteiger partial charge < -0.3 is 23.8 Å². The number of rotatable bonds is 47. The van der Waals surface area contributed by atoms with E-state index >= 15 is 0 Å². The van der Waals surface area contributed by atoms with E-state index in [1.54, 1.807) is 0 Å². The third kappa shape index (κ3) is 44.2. The van der Waals surface area contributed by atoms with Crippen LogP contribution in [-0.4, -0.2) is 80.6 Å². The summed E-state index contributed by atoms with van der Waals surface area (Å²) in [5, 5.41) is 9.66. The number of carboxylic acid groups (broad SMARTS) is 1. The van der Waals surface area contributed by atoms with Gasteiger partial charge in [-0.2, -0.15) is 0 Å². The number of allylic oxidation sites excluding steroid dienone is 10. The lowest BCUT2D eigenvalue weighted by Gasteiger charge is -2.31. The van der Waals surface area contributed by atoms with Crippen LogP contribution in [0.1, 0.15) is 226 Å². The van der Waals surface area contributed by atoms with Crippen LogP contribution in [0.5, 0.6) is 0 Å². The summed E-state index contributed by atoms with van der Waals surface area (Å²) in [7, 11) is 5.53. The molecule has 0 spiro atoms. The van der Waals surface area contributed by atoms with Crippen molar-refractivity contribution >= 4 is 17.9 Å². The number of carboxylic acids is 1. The minimum Gasteiger partial charge on any atom is -0.477 e. The van der Waals surface area contributed by atoms with Crippen LogP contribution in [0.15, 0.2) is 60.8 Å². The minimum absolute atomic E-state index is 0.0518. The van der Waals surface area contributed by atoms with Gasteiger partial charge in [-0.05, 0) is 77.0 Å². The van der Waals surface area contributed by atoms with Gasteiger partial charge >= 0.3 is 17.9 Å². The van der Waals surface area contributed by atoms with Crippen molar-refractivity contribution in [1.29, 1.82) is 0 Å². The van der Waals surface area contributed by atoms with Gasteiger partial charge in [-0.3, -0.25) is 9.59 Å². The molecule has 0 heterocycles. The second-order valence-corrected chi connectivity index (χ2v) is 18.8. The number of likely N-dealkylation sites (N-methyl/N-ethyl adjacent to an activating group) is 1. The highest BCUT2D eigenvalue weighted by Gasteiger charge is 2.31. The third-order valence-electron chi connectivity index (χ3n) is 11.7. The molecule has 0 aromatic rings. The number of aliphatic carboxylic acids is 1. The number of nitrogens with zero attached hydrogens (tertiary/aromatic N) is 1. The highest BCUT2D eigenvalue weighted by Crippen LogP contribution is 2.15. The Hall–Kier alpha value is -2.97. The predicted molar refractivity (Wildman–Crippen MR) is 271 cm³/mol. The standard InChI is InChI=1S/C56H99NO7/c1-6-8-10-12-14-16-18-20-22-24-26-27-28-29-31-32-34-36-38-40-42-44-46-54(58)63-51-52(50-62-49-48-53(56(60)61)57(3,4)5)64-55(59)47-45-43-41-39-37-35-33-30-25-23-21-19-17-15-13-11-9-7-2/h14,16,20,22-23,25-27,30,33,52-53H,6-13,15,17-19,21,24,28-29,31-32,34-51H2,1-5H3/p+1/b16-14+,22-20+,25-23+,27-26+,33-30+. The number of carbonyl (C=O) groups is 3. The zero-order valence-corrected chi connectivity index (χ0v) is 42.2. The molecule has 1 N–H and O–H groups in total. The molecule has 0 bridgehead atoms. The first-order chi connectivity index (χ1) is 31.1. The molecule has 2 unspecified atom stereocenters. The van der Waals surface area contributed by atoms with E-state index in [2.05, 4.69) is 74.6 Å². The van der Waals surface area contributed by atoms with Crippen LogP contribution in [0.2, 0.25) is 0 Å². The number of unbranched alkanes of at least 4 members (excludes halogenated alkanes) is 24. The highest BCUT2D eigenvalue weighted by molar-refractivity contribution is 5.72. The summed E-state index contributed by atoms with van der Waals surface area (Å²) in [4.78, 5) is 37.2. The second-order valence-electron chi connectivity index (χ2n) is 18.8. The van der Waals surface area contributed by atoms with E-state index in [0.717, 1.165) is 77.0 Å². The molecule has 0 amide bonds. The van der Waals surface area contributed by atoms with Crippen LogP contribution in [0.25, 0.3) is 0 Å². The number of hydrogen-bond acceptors (Lipinski definition) is 6. The van der Waals surface area contributed by atoms with Gasteiger partial charge in [-0.1, -0.05) is 190 Å². The Labute approximate surface area is 394 Å². The Kier molecular flexibility index (Phi) is 44.4. The average Bonchev–Trinajstić information content (AvgIpc) is 3.26. The molecule has 0 fully saturated rings. The van der Waals surface area contributed by atoms with Crippen LogP contribution in [0, 0.1) is 0 Å². The molecule has 0 aliphatic carbocycles. The smallest absolute Gasteiger partial charge is 0.362 e. The van der Waals surface area contributed by atoms with Crippen molar-refractivity contribution in [3.8, 4) is 0 Å². The SMILES string of the molecule is CCCCC/C=C/C/C=C/C/C=C/CCCCCCCCCCCC(=O)OCC(COCCC(C(=O)O)[N+](C)(C)C)OC(=O)CCCCCCC/C=C/C=C/CCCCCCCCC. The van der Waals surface area contributed by atoms with Gasteiger partial charge in [0, 0.05) is 19.3 Å². The lowest BCUT2D eigenvalue weighted by Crippen LogP contribution is -2.50. The molecule has 0 aliphatic heterocycles. The van der Waals surface area contributed by atoms with Gasteiger partial charge in [-0.25, -0.2) is 4.79 Å². The molecule has 2 atom stereocenters. The van der Waals surface area contributed by atoms with E-state index in [1.807, 2.05) is 21.1 Å². The fourth-order valence-corrected chi connectivity index (χ4v) is 7.56. The normalized spacial score (nSPS) is 13.3.